The maximum absolute atomic E-state index is 11.3. The van der Waals surface area contributed by atoms with Crippen molar-refractivity contribution in [2.75, 3.05) is 13.1 Å². The molecule has 6 nitrogen and oxygen atoms in total. The van der Waals surface area contributed by atoms with Gasteiger partial charge in [-0.1, -0.05) is 19.8 Å². The Bertz CT molecular complexity index is 221. The molecule has 0 aliphatic carbocycles. The van der Waals surface area contributed by atoms with Gasteiger partial charge >= 0.3 is 12.0 Å². The van der Waals surface area contributed by atoms with Crippen molar-refractivity contribution in [3.8, 4) is 0 Å². The third kappa shape index (κ3) is 7.05. The van der Waals surface area contributed by atoms with E-state index < -0.39 is 18.0 Å². The molecule has 0 saturated carbocycles. The van der Waals surface area contributed by atoms with Crippen molar-refractivity contribution in [2.45, 2.75) is 38.6 Å². The average Bonchev–Trinajstić information content (AvgIpc) is 2.24. The molecule has 1 unspecified atom stereocenters. The Morgan fingerprint density at radius 2 is 2.06 bits per heavy atom. The second-order valence-corrected chi connectivity index (χ2v) is 3.58. The van der Waals surface area contributed by atoms with Crippen molar-refractivity contribution < 1.29 is 14.7 Å². The number of urea groups is 1. The number of carboxylic acids is 1. The van der Waals surface area contributed by atoms with Crippen molar-refractivity contribution in [3.63, 3.8) is 0 Å². The van der Waals surface area contributed by atoms with E-state index in [-0.39, 0.29) is 0 Å². The molecule has 0 spiro atoms. The van der Waals surface area contributed by atoms with Gasteiger partial charge in [-0.05, 0) is 19.4 Å². The van der Waals surface area contributed by atoms with Crippen LogP contribution >= 0.6 is 0 Å². The summed E-state index contributed by atoms with van der Waals surface area (Å²) < 4.78 is 0. The van der Waals surface area contributed by atoms with Gasteiger partial charge in [0.05, 0.1) is 0 Å². The Hall–Kier alpha value is -1.30. The van der Waals surface area contributed by atoms with Crippen LogP contribution in [0.25, 0.3) is 0 Å². The van der Waals surface area contributed by atoms with Gasteiger partial charge in [0.15, 0.2) is 0 Å². The predicted octanol–water partition coefficient (Wildman–Crippen LogP) is 0.278. The van der Waals surface area contributed by atoms with E-state index in [1.165, 1.54) is 0 Å². The van der Waals surface area contributed by atoms with Crippen LogP contribution in [0, 0.1) is 0 Å². The van der Waals surface area contributed by atoms with Crippen molar-refractivity contribution in [1.29, 1.82) is 0 Å². The Kier molecular flexibility index (Phi) is 8.24. The fourth-order valence-electron chi connectivity index (χ4n) is 1.18. The number of nitrogens with two attached hydrogens (primary N) is 1. The van der Waals surface area contributed by atoms with E-state index in [9.17, 15) is 9.59 Å². The molecule has 5 N–H and O–H groups in total. The molecule has 94 valence electrons. The molecule has 0 aromatic carbocycles. The lowest BCUT2D eigenvalue weighted by Gasteiger charge is -2.14. The minimum atomic E-state index is -0.998. The molecule has 0 bridgehead atoms. The molecular weight excluding hydrogens is 210 g/mol. The van der Waals surface area contributed by atoms with Gasteiger partial charge in [-0.25, -0.2) is 9.59 Å². The summed E-state index contributed by atoms with van der Waals surface area (Å²) in [6, 6.07) is -1.25. The number of carboxylic acid groups (broad SMARTS) is 1. The van der Waals surface area contributed by atoms with Crippen LogP contribution in [0.2, 0.25) is 0 Å². The van der Waals surface area contributed by atoms with Crippen molar-refractivity contribution in [2.24, 2.45) is 5.73 Å². The fourth-order valence-corrected chi connectivity index (χ4v) is 1.18. The first-order chi connectivity index (χ1) is 7.61. The molecule has 6 heteroatoms. The van der Waals surface area contributed by atoms with E-state index in [1.807, 2.05) is 6.92 Å². The molecule has 2 amide bonds. The molecule has 0 rings (SSSR count). The van der Waals surface area contributed by atoms with Gasteiger partial charge in [0.2, 0.25) is 0 Å². The first-order valence-corrected chi connectivity index (χ1v) is 5.59. The number of aliphatic carboxylic acids is 1. The highest BCUT2D eigenvalue weighted by Gasteiger charge is 2.18. The first-order valence-electron chi connectivity index (χ1n) is 5.59. The molecule has 0 fully saturated rings. The summed E-state index contributed by atoms with van der Waals surface area (Å²) in [6.45, 7) is 2.93. The quantitative estimate of drug-likeness (QED) is 0.450. The molecule has 16 heavy (non-hydrogen) atoms. The van der Waals surface area contributed by atoms with Gasteiger partial charge in [-0.3, -0.25) is 0 Å². The van der Waals surface area contributed by atoms with E-state index in [4.69, 9.17) is 10.8 Å². The standard InChI is InChI=1S/C10H21N3O3/c1-2-3-5-8(9(14)15)13-10(16)12-7-4-6-11/h8H,2-7,11H2,1H3,(H,14,15)(H2,12,13,16). The number of hydrogen-bond acceptors (Lipinski definition) is 3. The van der Waals surface area contributed by atoms with Crippen molar-refractivity contribution in [1.82, 2.24) is 10.6 Å². The normalized spacial score (nSPS) is 11.9. The lowest BCUT2D eigenvalue weighted by atomic mass is 10.1. The molecular formula is C10H21N3O3. The summed E-state index contributed by atoms with van der Waals surface area (Å²) in [7, 11) is 0. The van der Waals surface area contributed by atoms with Gasteiger partial charge in [-0.15, -0.1) is 0 Å². The van der Waals surface area contributed by atoms with Crippen LogP contribution in [0.15, 0.2) is 0 Å². The van der Waals surface area contributed by atoms with Gasteiger partial charge in [-0.2, -0.15) is 0 Å². The minimum absolute atomic E-state index is 0.447. The summed E-state index contributed by atoms with van der Waals surface area (Å²) >= 11 is 0. The van der Waals surface area contributed by atoms with Gasteiger partial charge < -0.3 is 21.5 Å². The number of unbranched alkanes of at least 4 members (excludes halogenated alkanes) is 1. The third-order valence-corrected chi connectivity index (χ3v) is 2.12. The summed E-state index contributed by atoms with van der Waals surface area (Å²) in [5.74, 6) is -0.998. The first kappa shape index (κ1) is 14.7. The smallest absolute Gasteiger partial charge is 0.326 e. The third-order valence-electron chi connectivity index (χ3n) is 2.12. The van der Waals surface area contributed by atoms with Crippen LogP contribution in [-0.4, -0.2) is 36.2 Å². The Labute approximate surface area is 95.6 Å². The molecule has 0 aromatic rings. The Morgan fingerprint density at radius 3 is 2.56 bits per heavy atom. The van der Waals surface area contributed by atoms with Crippen molar-refractivity contribution in [3.05, 3.63) is 0 Å². The summed E-state index contributed by atoms with van der Waals surface area (Å²) in [5, 5.41) is 13.8. The molecule has 1 atom stereocenters. The largest absolute Gasteiger partial charge is 0.480 e. The van der Waals surface area contributed by atoms with E-state index in [0.29, 0.717) is 25.9 Å². The topological polar surface area (TPSA) is 104 Å². The summed E-state index contributed by atoms with van der Waals surface area (Å²) in [6.07, 6.45) is 2.82. The highest BCUT2D eigenvalue weighted by Crippen LogP contribution is 2.00. The number of carbonyl (C=O) groups is 2. The fraction of sp³-hybridized carbons (Fsp3) is 0.800. The van der Waals surface area contributed by atoms with Crippen LogP contribution in [-0.2, 0) is 4.79 Å². The van der Waals surface area contributed by atoms with Crippen LogP contribution in [0.5, 0.6) is 0 Å². The number of carbonyl (C=O) groups excluding carboxylic acids is 1. The van der Waals surface area contributed by atoms with Crippen LogP contribution in [0.1, 0.15) is 32.6 Å². The van der Waals surface area contributed by atoms with Crippen molar-refractivity contribution >= 4 is 12.0 Å². The highest BCUT2D eigenvalue weighted by molar-refractivity contribution is 5.82. The zero-order valence-electron chi connectivity index (χ0n) is 9.66. The minimum Gasteiger partial charge on any atom is -0.480 e. The molecule has 0 aromatic heterocycles. The van der Waals surface area contributed by atoms with Crippen LogP contribution in [0.3, 0.4) is 0 Å². The SMILES string of the molecule is CCCCC(NC(=O)NCCCN)C(=O)O. The zero-order chi connectivity index (χ0) is 12.4. The molecule has 0 aliphatic heterocycles. The monoisotopic (exact) mass is 231 g/mol. The second-order valence-electron chi connectivity index (χ2n) is 3.58. The van der Waals surface area contributed by atoms with E-state index in [2.05, 4.69) is 10.6 Å². The average molecular weight is 231 g/mol. The molecule has 0 heterocycles. The number of amides is 2. The maximum atomic E-state index is 11.3. The van der Waals surface area contributed by atoms with E-state index >= 15 is 0 Å². The van der Waals surface area contributed by atoms with Gasteiger partial charge in [0, 0.05) is 6.54 Å². The maximum Gasteiger partial charge on any atom is 0.326 e. The highest BCUT2D eigenvalue weighted by atomic mass is 16.4. The number of hydrogen-bond donors (Lipinski definition) is 4. The van der Waals surface area contributed by atoms with Gasteiger partial charge in [0.25, 0.3) is 0 Å². The second kappa shape index (κ2) is 8.96. The predicted molar refractivity (Wildman–Crippen MR) is 61.2 cm³/mol. The molecule has 0 saturated heterocycles. The molecule has 0 radical (unpaired) electrons. The summed E-state index contributed by atoms with van der Waals surface area (Å²) in [4.78, 5) is 22.1. The van der Waals surface area contributed by atoms with E-state index in [0.717, 1.165) is 12.8 Å². The lowest BCUT2D eigenvalue weighted by Crippen LogP contribution is -2.46. The summed E-state index contributed by atoms with van der Waals surface area (Å²) in [5.41, 5.74) is 5.26. The Morgan fingerprint density at radius 1 is 1.38 bits per heavy atom. The van der Waals surface area contributed by atoms with Crippen LogP contribution in [0.4, 0.5) is 4.79 Å². The molecule has 0 aliphatic rings. The zero-order valence-corrected chi connectivity index (χ0v) is 9.66. The number of nitrogens with one attached hydrogen (secondary N) is 2. The van der Waals surface area contributed by atoms with Gasteiger partial charge in [0.1, 0.15) is 6.04 Å². The number of rotatable bonds is 8. The van der Waals surface area contributed by atoms with Crippen LogP contribution < -0.4 is 16.4 Å². The van der Waals surface area contributed by atoms with E-state index in [1.54, 1.807) is 0 Å². The lowest BCUT2D eigenvalue weighted by molar-refractivity contribution is -0.139. The Balaban J connectivity index is 3.88.